The van der Waals surface area contributed by atoms with Gasteiger partial charge in [-0.05, 0) is 13.0 Å². The highest BCUT2D eigenvalue weighted by molar-refractivity contribution is 5.80. The first-order valence-corrected chi connectivity index (χ1v) is 7.72. The van der Waals surface area contributed by atoms with Gasteiger partial charge in [0.1, 0.15) is 12.1 Å². The van der Waals surface area contributed by atoms with Crippen molar-refractivity contribution < 1.29 is 4.79 Å². The van der Waals surface area contributed by atoms with Crippen LogP contribution >= 0.6 is 0 Å². The van der Waals surface area contributed by atoms with E-state index < -0.39 is 0 Å². The van der Waals surface area contributed by atoms with Gasteiger partial charge in [-0.2, -0.15) is 19.7 Å². The molecule has 3 aromatic rings. The van der Waals surface area contributed by atoms with Crippen molar-refractivity contribution in [1.29, 1.82) is 0 Å². The smallest absolute Gasteiger partial charge is 0.254 e. The highest BCUT2D eigenvalue weighted by Crippen LogP contribution is 2.33. The molecule has 9 heteroatoms. The predicted octanol–water partition coefficient (Wildman–Crippen LogP) is 0.550. The quantitative estimate of drug-likeness (QED) is 0.755. The molecule has 0 spiro atoms. The molecule has 0 unspecified atom stereocenters. The van der Waals surface area contributed by atoms with Crippen molar-refractivity contribution in [2.75, 3.05) is 12.4 Å². The normalized spacial score (nSPS) is 21.0. The minimum atomic E-state index is -0.1000. The topological polar surface area (TPSA) is 93.2 Å². The van der Waals surface area contributed by atoms with Crippen LogP contribution in [0.5, 0.6) is 0 Å². The van der Waals surface area contributed by atoms with E-state index in [1.54, 1.807) is 20.3 Å². The number of nitrogens with one attached hydrogen (secondary N) is 1. The molecule has 3 aromatic heterocycles. The molecule has 2 atom stereocenters. The Kier molecular flexibility index (Phi) is 3.22. The molecule has 0 bridgehead atoms. The number of hydrogen-bond donors (Lipinski definition) is 1. The first kappa shape index (κ1) is 14.6. The van der Waals surface area contributed by atoms with Crippen molar-refractivity contribution >= 4 is 17.5 Å². The number of aryl methyl sites for hydroxylation is 2. The molecule has 1 saturated heterocycles. The highest BCUT2D eigenvalue weighted by atomic mass is 16.2. The summed E-state index contributed by atoms with van der Waals surface area (Å²) in [4.78, 5) is 22.5. The number of aromatic nitrogens is 6. The van der Waals surface area contributed by atoms with E-state index in [0.29, 0.717) is 12.2 Å². The zero-order valence-electron chi connectivity index (χ0n) is 13.7. The lowest BCUT2D eigenvalue weighted by Gasteiger charge is -2.26. The third-order valence-corrected chi connectivity index (χ3v) is 4.46. The zero-order valence-corrected chi connectivity index (χ0v) is 13.7. The van der Waals surface area contributed by atoms with Crippen LogP contribution in [0.4, 0.5) is 5.82 Å². The second-order valence-corrected chi connectivity index (χ2v) is 6.04. The average molecular weight is 326 g/mol. The lowest BCUT2D eigenvalue weighted by atomic mass is 10.1. The number of amides is 1. The molecule has 0 saturated carbocycles. The second-order valence-electron chi connectivity index (χ2n) is 6.04. The van der Waals surface area contributed by atoms with Crippen molar-refractivity contribution in [3.63, 3.8) is 0 Å². The molecule has 1 aliphatic rings. The molecule has 9 nitrogen and oxygen atoms in total. The summed E-state index contributed by atoms with van der Waals surface area (Å²) in [5.74, 6) is 1.40. The number of carbonyl (C=O) groups is 1. The fourth-order valence-electron chi connectivity index (χ4n) is 3.30. The molecular weight excluding hydrogens is 308 g/mol. The number of rotatable bonds is 3. The first-order valence-electron chi connectivity index (χ1n) is 7.72. The van der Waals surface area contributed by atoms with Crippen molar-refractivity contribution in [2.24, 2.45) is 7.05 Å². The molecule has 4 rings (SSSR count). The van der Waals surface area contributed by atoms with Crippen LogP contribution in [0.25, 0.3) is 5.78 Å². The Labute approximate surface area is 138 Å². The number of carbonyl (C=O) groups excluding carboxylic acids is 1. The third kappa shape index (κ3) is 2.20. The number of likely N-dealkylation sites (tertiary alicyclic amines) is 1. The molecule has 0 aliphatic carbocycles. The largest absolute Gasteiger partial charge is 0.364 e. The number of hydrogen-bond acceptors (Lipinski definition) is 6. The summed E-state index contributed by atoms with van der Waals surface area (Å²) in [7, 11) is 3.71. The van der Waals surface area contributed by atoms with Crippen LogP contribution in [-0.4, -0.2) is 53.3 Å². The number of fused-ring (bicyclic) bond motifs is 1. The van der Waals surface area contributed by atoms with E-state index >= 15 is 0 Å². The molecular formula is C15H18N8O. The first-order chi connectivity index (χ1) is 11.5. The van der Waals surface area contributed by atoms with Crippen LogP contribution in [-0.2, 0) is 11.8 Å². The fourth-order valence-corrected chi connectivity index (χ4v) is 3.30. The van der Waals surface area contributed by atoms with Gasteiger partial charge >= 0.3 is 0 Å². The minimum absolute atomic E-state index is 0.0906. The Hall–Kier alpha value is -2.97. The van der Waals surface area contributed by atoms with Gasteiger partial charge in [-0.1, -0.05) is 0 Å². The fraction of sp³-hybridized carbons (Fsp3) is 0.400. The van der Waals surface area contributed by atoms with Crippen LogP contribution in [0, 0.1) is 6.92 Å². The van der Waals surface area contributed by atoms with Crippen molar-refractivity contribution in [1.82, 2.24) is 34.3 Å². The lowest BCUT2D eigenvalue weighted by Crippen LogP contribution is -2.32. The number of likely N-dealkylation sites (N-methyl/N-ethyl adjacent to an activating group) is 1. The highest BCUT2D eigenvalue weighted by Gasteiger charge is 2.40. The Morgan fingerprint density at radius 1 is 1.29 bits per heavy atom. The van der Waals surface area contributed by atoms with Gasteiger partial charge < -0.3 is 10.2 Å². The van der Waals surface area contributed by atoms with Crippen molar-refractivity contribution in [2.45, 2.75) is 25.4 Å². The molecule has 124 valence electrons. The van der Waals surface area contributed by atoms with Crippen molar-refractivity contribution in [3.05, 3.63) is 36.0 Å². The van der Waals surface area contributed by atoms with E-state index in [4.69, 9.17) is 0 Å². The monoisotopic (exact) mass is 326 g/mol. The maximum Gasteiger partial charge on any atom is 0.254 e. The molecule has 0 radical (unpaired) electrons. The summed E-state index contributed by atoms with van der Waals surface area (Å²) in [6, 6.07) is 3.66. The maximum absolute atomic E-state index is 12.3. The lowest BCUT2D eigenvalue weighted by molar-refractivity contribution is -0.127. The maximum atomic E-state index is 12.3. The van der Waals surface area contributed by atoms with Gasteiger partial charge in [-0.3, -0.25) is 9.48 Å². The van der Waals surface area contributed by atoms with Gasteiger partial charge in [0.15, 0.2) is 0 Å². The Morgan fingerprint density at radius 3 is 2.88 bits per heavy atom. The van der Waals surface area contributed by atoms with Gasteiger partial charge in [-0.15, -0.1) is 0 Å². The molecule has 1 amide bonds. The summed E-state index contributed by atoms with van der Waals surface area (Å²) in [5.41, 5.74) is 1.83. The standard InChI is InChI=1S/C15H18N8O/c1-9-6-12(23-15(19-9)16-8-18-23)20-10-7-13(24)21(2)14(10)11-4-5-17-22(11)3/h4-6,8,10,14,20H,7H2,1-3H3/t10-,14-/m1/s1. The average Bonchev–Trinajstić information content (AvgIpc) is 3.21. The van der Waals surface area contributed by atoms with Gasteiger partial charge in [0.05, 0.1) is 17.8 Å². The van der Waals surface area contributed by atoms with E-state index in [-0.39, 0.29) is 18.0 Å². The molecule has 1 N–H and O–H groups in total. The summed E-state index contributed by atoms with van der Waals surface area (Å²) >= 11 is 0. The molecule has 1 fully saturated rings. The summed E-state index contributed by atoms with van der Waals surface area (Å²) in [6.45, 7) is 1.91. The molecule has 0 aromatic carbocycles. The van der Waals surface area contributed by atoms with Crippen LogP contribution in [0.3, 0.4) is 0 Å². The molecule has 24 heavy (non-hydrogen) atoms. The van der Waals surface area contributed by atoms with E-state index in [1.807, 2.05) is 33.2 Å². The van der Waals surface area contributed by atoms with Gasteiger partial charge in [0, 0.05) is 38.5 Å². The van der Waals surface area contributed by atoms with Crippen LogP contribution in [0.1, 0.15) is 23.9 Å². The Morgan fingerprint density at radius 2 is 2.12 bits per heavy atom. The Bertz CT molecular complexity index is 913. The van der Waals surface area contributed by atoms with Gasteiger partial charge in [0.2, 0.25) is 5.91 Å². The second kappa shape index (κ2) is 5.29. The van der Waals surface area contributed by atoms with Crippen molar-refractivity contribution in [3.8, 4) is 0 Å². The van der Waals surface area contributed by atoms with E-state index in [2.05, 4.69) is 25.5 Å². The van der Waals surface area contributed by atoms with Gasteiger partial charge in [-0.25, -0.2) is 4.98 Å². The summed E-state index contributed by atoms with van der Waals surface area (Å²) in [6.07, 6.45) is 3.62. The summed E-state index contributed by atoms with van der Waals surface area (Å²) < 4.78 is 3.45. The van der Waals surface area contributed by atoms with Gasteiger partial charge in [0.25, 0.3) is 5.78 Å². The van der Waals surface area contributed by atoms with Crippen LogP contribution in [0.15, 0.2) is 24.7 Å². The number of nitrogens with zero attached hydrogens (tertiary/aromatic N) is 7. The predicted molar refractivity (Wildman–Crippen MR) is 86.3 cm³/mol. The molecule has 4 heterocycles. The van der Waals surface area contributed by atoms with Crippen LogP contribution in [0.2, 0.25) is 0 Å². The Balaban J connectivity index is 1.73. The van der Waals surface area contributed by atoms with Crippen LogP contribution < -0.4 is 5.32 Å². The van der Waals surface area contributed by atoms with E-state index in [1.165, 1.54) is 6.33 Å². The minimum Gasteiger partial charge on any atom is -0.364 e. The number of anilines is 1. The van der Waals surface area contributed by atoms with E-state index in [9.17, 15) is 4.79 Å². The third-order valence-electron chi connectivity index (χ3n) is 4.46. The molecule has 1 aliphatic heterocycles. The summed E-state index contributed by atoms with van der Waals surface area (Å²) in [5, 5.41) is 11.9. The zero-order chi connectivity index (χ0) is 16.8. The SMILES string of the molecule is Cc1cc(N[C@@H]2CC(=O)N(C)[C@H]2c2ccnn2C)n2ncnc2n1. The van der Waals surface area contributed by atoms with E-state index in [0.717, 1.165) is 17.2 Å².